The molecule has 0 spiro atoms. The van der Waals surface area contributed by atoms with Crippen LogP contribution in [0.3, 0.4) is 0 Å². The van der Waals surface area contributed by atoms with E-state index in [1.54, 1.807) is 24.3 Å². The minimum Gasteiger partial charge on any atom is -0.324 e. The lowest BCUT2D eigenvalue weighted by molar-refractivity contribution is -0.137. The Labute approximate surface area is 282 Å². The van der Waals surface area contributed by atoms with Crippen LogP contribution in [0.4, 0.5) is 24.5 Å². The first-order valence-electron chi connectivity index (χ1n) is 14.1. The Hall–Kier alpha value is -4.10. The van der Waals surface area contributed by atoms with E-state index in [1.807, 2.05) is 30.3 Å². The summed E-state index contributed by atoms with van der Waals surface area (Å²) in [5, 5.41) is 3.80. The monoisotopic (exact) mass is 713 g/mol. The number of thiazole rings is 1. The van der Waals surface area contributed by atoms with Crippen molar-refractivity contribution in [3.05, 3.63) is 121 Å². The van der Waals surface area contributed by atoms with Gasteiger partial charge in [0.25, 0.3) is 0 Å². The largest absolute Gasteiger partial charge is 0.418 e. The molecule has 7 nitrogen and oxygen atoms in total. The molecule has 0 saturated carbocycles. The number of aromatic nitrogens is 1. The highest BCUT2D eigenvalue weighted by molar-refractivity contribution is 8.00. The van der Waals surface area contributed by atoms with Crippen LogP contribution < -0.4 is 15.1 Å². The molecule has 0 radical (unpaired) electrons. The summed E-state index contributed by atoms with van der Waals surface area (Å²) in [4.78, 5) is 55.3. The van der Waals surface area contributed by atoms with Gasteiger partial charge >= 0.3 is 11.0 Å². The number of carbonyl (C=O) groups is 3. The molecule has 3 unspecified atom stereocenters. The van der Waals surface area contributed by atoms with Crippen molar-refractivity contribution in [2.75, 3.05) is 10.2 Å². The number of rotatable bonds is 5. The number of halogens is 5. The number of carbonyl (C=O) groups excluding carboxylic acids is 3. The van der Waals surface area contributed by atoms with Crippen molar-refractivity contribution in [3.63, 3.8) is 0 Å². The van der Waals surface area contributed by atoms with E-state index in [0.717, 1.165) is 46.0 Å². The number of nitrogens with one attached hydrogen (secondary N) is 1. The Morgan fingerprint density at radius 2 is 1.57 bits per heavy atom. The highest BCUT2D eigenvalue weighted by atomic mass is 35.5. The molecule has 238 valence electrons. The predicted octanol–water partition coefficient (Wildman–Crippen LogP) is 7.82. The Kier molecular flexibility index (Phi) is 7.94. The van der Waals surface area contributed by atoms with E-state index < -0.39 is 63.7 Å². The lowest BCUT2D eigenvalue weighted by Crippen LogP contribution is -2.33. The molecule has 1 saturated heterocycles. The van der Waals surface area contributed by atoms with Crippen LogP contribution in [-0.4, -0.2) is 27.5 Å². The van der Waals surface area contributed by atoms with Crippen molar-refractivity contribution in [1.82, 2.24) is 4.57 Å². The third-order valence-electron chi connectivity index (χ3n) is 8.18. The van der Waals surface area contributed by atoms with Crippen LogP contribution in [0.2, 0.25) is 10.0 Å². The van der Waals surface area contributed by atoms with Gasteiger partial charge in [0.1, 0.15) is 11.8 Å². The van der Waals surface area contributed by atoms with Gasteiger partial charge in [-0.15, -0.1) is 0 Å². The lowest BCUT2D eigenvalue weighted by Gasteiger charge is -2.31. The Morgan fingerprint density at radius 3 is 2.36 bits per heavy atom. The van der Waals surface area contributed by atoms with Gasteiger partial charge < -0.3 is 5.32 Å². The number of thioether (sulfide) groups is 1. The number of alkyl halides is 3. The molecule has 3 atom stereocenters. The zero-order chi connectivity index (χ0) is 33.2. The SMILES string of the molecule is O=C(Cn1c2c(sc1=O)C(c1cccc(Cl)c1Cl)C1C(=O)N(c3ccccc3C(F)(F)F)C(=O)C1S2)Nc1cccc2ccccc12. The second kappa shape index (κ2) is 11.9. The highest BCUT2D eigenvalue weighted by Crippen LogP contribution is 2.56. The van der Waals surface area contributed by atoms with Crippen LogP contribution in [0.1, 0.15) is 21.9 Å². The minimum atomic E-state index is -4.84. The molecular formula is C33H20Cl2F3N3O4S2. The van der Waals surface area contributed by atoms with Crippen molar-refractivity contribution in [2.45, 2.75) is 28.9 Å². The fraction of sp³-hybridized carbons (Fsp3) is 0.152. The standard InChI is InChI=1S/C33H20Cl2F3N3O4S2/c34-20-12-6-10-18(26(20)35)24-25-27(30(44)41(29(25)43)22-14-4-3-11-19(22)33(36,37)38)46-31-28(24)47-32(45)40(31)15-23(42)39-21-13-5-8-16-7-1-2-9-17(16)21/h1-14,24-25,27H,15H2,(H,39,42). The molecule has 0 aliphatic carbocycles. The van der Waals surface area contributed by atoms with Crippen LogP contribution in [0.25, 0.3) is 10.8 Å². The molecule has 2 aliphatic heterocycles. The maximum Gasteiger partial charge on any atom is 0.418 e. The summed E-state index contributed by atoms with van der Waals surface area (Å²) in [6.45, 7) is -0.420. The van der Waals surface area contributed by atoms with E-state index in [1.165, 1.54) is 22.8 Å². The van der Waals surface area contributed by atoms with E-state index in [0.29, 0.717) is 21.0 Å². The van der Waals surface area contributed by atoms with Gasteiger partial charge in [-0.3, -0.25) is 23.7 Å². The number of benzene rings is 4. The van der Waals surface area contributed by atoms with E-state index in [9.17, 15) is 32.3 Å². The average Bonchev–Trinajstić information content (AvgIpc) is 3.48. The topological polar surface area (TPSA) is 88.5 Å². The molecule has 47 heavy (non-hydrogen) atoms. The van der Waals surface area contributed by atoms with Crippen LogP contribution >= 0.6 is 46.3 Å². The first kappa shape index (κ1) is 31.5. The minimum absolute atomic E-state index is 0.0752. The molecule has 14 heteroatoms. The second-order valence-corrected chi connectivity index (χ2v) is 13.8. The van der Waals surface area contributed by atoms with Crippen LogP contribution in [0.5, 0.6) is 0 Å². The van der Waals surface area contributed by atoms with Crippen molar-refractivity contribution in [3.8, 4) is 0 Å². The predicted molar refractivity (Wildman–Crippen MR) is 177 cm³/mol. The summed E-state index contributed by atoms with van der Waals surface area (Å²) in [5.74, 6) is -4.48. The molecule has 0 bridgehead atoms. The fourth-order valence-electron chi connectivity index (χ4n) is 6.16. The zero-order valence-corrected chi connectivity index (χ0v) is 26.9. The molecule has 3 heterocycles. The third-order valence-corrected chi connectivity index (χ3v) is 11.6. The van der Waals surface area contributed by atoms with Crippen LogP contribution in [0.15, 0.2) is 94.7 Å². The zero-order valence-electron chi connectivity index (χ0n) is 23.8. The molecule has 2 aliphatic rings. The van der Waals surface area contributed by atoms with Gasteiger partial charge in [0.15, 0.2) is 0 Å². The highest BCUT2D eigenvalue weighted by Gasteiger charge is 2.58. The Bertz CT molecular complexity index is 2180. The maximum atomic E-state index is 14.1. The van der Waals surface area contributed by atoms with E-state index >= 15 is 0 Å². The van der Waals surface area contributed by atoms with Gasteiger partial charge in [0.05, 0.1) is 32.2 Å². The van der Waals surface area contributed by atoms with Gasteiger partial charge in [0, 0.05) is 21.9 Å². The van der Waals surface area contributed by atoms with Crippen molar-refractivity contribution in [2.24, 2.45) is 5.92 Å². The number of para-hydroxylation sites is 1. The summed E-state index contributed by atoms with van der Waals surface area (Å²) in [6.07, 6.45) is -4.84. The number of nitrogens with zero attached hydrogens (tertiary/aromatic N) is 2. The normalized spacial score (nSPS) is 19.2. The van der Waals surface area contributed by atoms with Crippen LogP contribution in [-0.2, 0) is 27.1 Å². The Balaban J connectivity index is 1.32. The van der Waals surface area contributed by atoms with Gasteiger partial charge in [-0.25, -0.2) is 4.90 Å². The molecule has 1 fully saturated rings. The fourth-order valence-corrected chi connectivity index (χ4v) is 9.35. The molecule has 3 amide bonds. The average molecular weight is 715 g/mol. The smallest absolute Gasteiger partial charge is 0.324 e. The number of amides is 3. The summed E-state index contributed by atoms with van der Waals surface area (Å²) in [7, 11) is 0. The summed E-state index contributed by atoms with van der Waals surface area (Å²) < 4.78 is 43.3. The molecule has 4 aromatic carbocycles. The number of hydrogen-bond donors (Lipinski definition) is 1. The van der Waals surface area contributed by atoms with E-state index in [4.69, 9.17) is 23.2 Å². The first-order chi connectivity index (χ1) is 22.5. The van der Waals surface area contributed by atoms with Gasteiger partial charge in [-0.1, -0.05) is 107 Å². The lowest BCUT2D eigenvalue weighted by atomic mass is 9.83. The number of imide groups is 1. The Morgan fingerprint density at radius 1 is 0.872 bits per heavy atom. The van der Waals surface area contributed by atoms with Crippen molar-refractivity contribution in [1.29, 1.82) is 0 Å². The molecule has 7 rings (SSSR count). The van der Waals surface area contributed by atoms with Crippen molar-refractivity contribution >= 4 is 86.2 Å². The quantitative estimate of drug-likeness (QED) is 0.188. The maximum absolute atomic E-state index is 14.1. The number of fused-ring (bicyclic) bond motifs is 3. The van der Waals surface area contributed by atoms with Crippen LogP contribution in [0, 0.1) is 5.92 Å². The van der Waals surface area contributed by atoms with Gasteiger partial charge in [-0.05, 0) is 35.2 Å². The molecular weight excluding hydrogens is 694 g/mol. The molecule has 1 N–H and O–H groups in total. The van der Waals surface area contributed by atoms with E-state index in [2.05, 4.69) is 5.32 Å². The van der Waals surface area contributed by atoms with Gasteiger partial charge in [0.2, 0.25) is 17.7 Å². The first-order valence-corrected chi connectivity index (χ1v) is 16.6. The summed E-state index contributed by atoms with van der Waals surface area (Å²) >= 11 is 14.6. The van der Waals surface area contributed by atoms with E-state index in [-0.39, 0.29) is 15.1 Å². The summed E-state index contributed by atoms with van der Waals surface area (Å²) in [6, 6.07) is 22.0. The molecule has 5 aromatic rings. The number of anilines is 2. The molecule has 1 aromatic heterocycles. The van der Waals surface area contributed by atoms with Gasteiger partial charge in [-0.2, -0.15) is 13.2 Å². The van der Waals surface area contributed by atoms with Crippen molar-refractivity contribution < 1.29 is 27.6 Å². The number of hydrogen-bond acceptors (Lipinski definition) is 6. The summed E-state index contributed by atoms with van der Waals surface area (Å²) in [5.41, 5.74) is -0.857. The third kappa shape index (κ3) is 5.33. The second-order valence-electron chi connectivity index (χ2n) is 10.9.